The molecule has 2 heterocycles. The lowest BCUT2D eigenvalue weighted by molar-refractivity contribution is -0.149. The van der Waals surface area contributed by atoms with Crippen LogP contribution in [-0.4, -0.2) is 21.6 Å². The largest absolute Gasteiger partial charge is 0.461 e. The number of halogens is 1. The first-order valence-electron chi connectivity index (χ1n) is 9.53. The number of ether oxygens (including phenoxy) is 1. The van der Waals surface area contributed by atoms with E-state index in [2.05, 4.69) is 27.8 Å². The molecular formula is C21H21BrN2O3S. The molecule has 0 radical (unpaired) electrons. The van der Waals surface area contributed by atoms with E-state index in [-0.39, 0.29) is 24.2 Å². The molecule has 0 N–H and O–H groups in total. The van der Waals surface area contributed by atoms with Crippen LogP contribution in [0.2, 0.25) is 0 Å². The summed E-state index contributed by atoms with van der Waals surface area (Å²) in [5.74, 6) is -0.369. The third kappa shape index (κ3) is 3.78. The molecule has 0 aliphatic heterocycles. The zero-order valence-corrected chi connectivity index (χ0v) is 18.0. The van der Waals surface area contributed by atoms with Gasteiger partial charge in [-0.3, -0.25) is 14.2 Å². The second kappa shape index (κ2) is 8.17. The molecule has 0 saturated heterocycles. The molecule has 0 bridgehead atoms. The van der Waals surface area contributed by atoms with E-state index >= 15 is 0 Å². The summed E-state index contributed by atoms with van der Waals surface area (Å²) >= 11 is 4.99. The molecule has 7 heteroatoms. The van der Waals surface area contributed by atoms with Crippen LogP contribution < -0.4 is 5.56 Å². The Morgan fingerprint density at radius 2 is 2.00 bits per heavy atom. The van der Waals surface area contributed by atoms with Gasteiger partial charge in [-0.25, -0.2) is 4.98 Å². The van der Waals surface area contributed by atoms with Gasteiger partial charge in [0, 0.05) is 14.9 Å². The van der Waals surface area contributed by atoms with Gasteiger partial charge in [0.05, 0.1) is 11.7 Å². The quantitative estimate of drug-likeness (QED) is 0.506. The lowest BCUT2D eigenvalue weighted by Crippen LogP contribution is -2.27. The highest BCUT2D eigenvalue weighted by molar-refractivity contribution is 9.10. The standard InChI is InChI=1S/C21H21BrN2O3S/c1-2-16-18(13-7-9-14(22)10-8-13)19-20(28-16)23-12-24(21(19)26)11-17(25)27-15-5-3-4-6-15/h7-10,12,15H,2-6,11H2,1H3. The summed E-state index contributed by atoms with van der Waals surface area (Å²) < 4.78 is 7.86. The second-order valence-electron chi connectivity index (χ2n) is 7.01. The fourth-order valence-electron chi connectivity index (χ4n) is 3.72. The molecule has 1 saturated carbocycles. The summed E-state index contributed by atoms with van der Waals surface area (Å²) in [7, 11) is 0. The molecule has 1 aliphatic rings. The Morgan fingerprint density at radius 1 is 1.29 bits per heavy atom. The van der Waals surface area contributed by atoms with Crippen molar-refractivity contribution in [2.75, 3.05) is 0 Å². The molecule has 0 atom stereocenters. The van der Waals surface area contributed by atoms with E-state index in [1.807, 2.05) is 24.3 Å². The van der Waals surface area contributed by atoms with Gasteiger partial charge in [-0.2, -0.15) is 0 Å². The summed E-state index contributed by atoms with van der Waals surface area (Å²) in [6.07, 6.45) is 6.28. The van der Waals surface area contributed by atoms with Crippen molar-refractivity contribution in [3.8, 4) is 11.1 Å². The van der Waals surface area contributed by atoms with E-state index in [4.69, 9.17) is 4.74 Å². The highest BCUT2D eigenvalue weighted by atomic mass is 79.9. The Labute approximate surface area is 175 Å². The number of hydrogen-bond donors (Lipinski definition) is 0. The van der Waals surface area contributed by atoms with Crippen molar-refractivity contribution >= 4 is 43.5 Å². The lowest BCUT2D eigenvalue weighted by Gasteiger charge is -2.12. The van der Waals surface area contributed by atoms with Gasteiger partial charge in [-0.1, -0.05) is 35.0 Å². The zero-order chi connectivity index (χ0) is 19.7. The minimum Gasteiger partial charge on any atom is -0.461 e. The Kier molecular flexibility index (Phi) is 5.64. The van der Waals surface area contributed by atoms with Crippen molar-refractivity contribution in [1.29, 1.82) is 0 Å². The van der Waals surface area contributed by atoms with Crippen molar-refractivity contribution in [3.05, 3.63) is 50.3 Å². The van der Waals surface area contributed by atoms with Gasteiger partial charge in [-0.05, 0) is 49.8 Å². The SMILES string of the molecule is CCc1sc2ncn(CC(=O)OC3CCCC3)c(=O)c2c1-c1ccc(Br)cc1. The fourth-order valence-corrected chi connectivity index (χ4v) is 5.08. The van der Waals surface area contributed by atoms with Gasteiger partial charge in [-0.15, -0.1) is 11.3 Å². The summed E-state index contributed by atoms with van der Waals surface area (Å²) in [6.45, 7) is 1.97. The van der Waals surface area contributed by atoms with Crippen LogP contribution in [-0.2, 0) is 22.5 Å². The van der Waals surface area contributed by atoms with E-state index in [0.29, 0.717) is 10.2 Å². The number of carbonyl (C=O) groups excluding carboxylic acids is 1. The van der Waals surface area contributed by atoms with Gasteiger partial charge in [0.2, 0.25) is 0 Å². The average molecular weight is 461 g/mol. The molecule has 3 aromatic rings. The fraction of sp³-hybridized carbons (Fsp3) is 0.381. The Balaban J connectivity index is 1.73. The van der Waals surface area contributed by atoms with Crippen LogP contribution in [0, 0.1) is 0 Å². The predicted molar refractivity (Wildman–Crippen MR) is 115 cm³/mol. The van der Waals surface area contributed by atoms with Crippen LogP contribution in [0.5, 0.6) is 0 Å². The minimum atomic E-state index is -0.369. The van der Waals surface area contributed by atoms with E-state index in [0.717, 1.165) is 52.6 Å². The monoisotopic (exact) mass is 460 g/mol. The highest BCUT2D eigenvalue weighted by Gasteiger charge is 2.22. The van der Waals surface area contributed by atoms with E-state index < -0.39 is 0 Å². The van der Waals surface area contributed by atoms with E-state index in [1.54, 1.807) is 0 Å². The number of rotatable bonds is 5. The molecule has 1 fully saturated rings. The van der Waals surface area contributed by atoms with Gasteiger partial charge in [0.25, 0.3) is 5.56 Å². The number of benzene rings is 1. The van der Waals surface area contributed by atoms with Crippen LogP contribution in [0.4, 0.5) is 0 Å². The number of nitrogens with zero attached hydrogens (tertiary/aromatic N) is 2. The topological polar surface area (TPSA) is 61.2 Å². The average Bonchev–Trinajstić information content (AvgIpc) is 3.32. The van der Waals surface area contributed by atoms with Crippen LogP contribution in [0.25, 0.3) is 21.3 Å². The molecule has 0 spiro atoms. The maximum Gasteiger partial charge on any atom is 0.326 e. The number of aromatic nitrogens is 2. The van der Waals surface area contributed by atoms with E-state index in [1.165, 1.54) is 22.2 Å². The smallest absolute Gasteiger partial charge is 0.326 e. The molecule has 2 aromatic heterocycles. The van der Waals surface area contributed by atoms with Gasteiger partial charge < -0.3 is 4.74 Å². The van der Waals surface area contributed by atoms with Gasteiger partial charge in [0.1, 0.15) is 17.5 Å². The van der Waals surface area contributed by atoms with Gasteiger partial charge >= 0.3 is 5.97 Å². The maximum atomic E-state index is 13.2. The third-order valence-electron chi connectivity index (χ3n) is 5.11. The van der Waals surface area contributed by atoms with Gasteiger partial charge in [0.15, 0.2) is 0 Å². The number of hydrogen-bond acceptors (Lipinski definition) is 5. The first-order chi connectivity index (χ1) is 13.6. The zero-order valence-electron chi connectivity index (χ0n) is 15.6. The normalized spacial score (nSPS) is 14.6. The third-order valence-corrected chi connectivity index (χ3v) is 6.88. The summed E-state index contributed by atoms with van der Waals surface area (Å²) in [6, 6.07) is 7.92. The number of aryl methyl sites for hydroxylation is 1. The highest BCUT2D eigenvalue weighted by Crippen LogP contribution is 2.36. The Hall–Kier alpha value is -1.99. The first-order valence-corrected chi connectivity index (χ1v) is 11.1. The molecule has 1 aromatic carbocycles. The molecular weight excluding hydrogens is 440 g/mol. The van der Waals surface area contributed by atoms with Crippen LogP contribution >= 0.6 is 27.3 Å². The lowest BCUT2D eigenvalue weighted by atomic mass is 10.0. The number of fused-ring (bicyclic) bond motifs is 1. The van der Waals surface area contributed by atoms with Crippen LogP contribution in [0.15, 0.2) is 39.9 Å². The molecule has 0 unspecified atom stereocenters. The van der Waals surface area contributed by atoms with E-state index in [9.17, 15) is 9.59 Å². The van der Waals surface area contributed by atoms with Crippen molar-refractivity contribution in [1.82, 2.24) is 9.55 Å². The number of thiophene rings is 1. The maximum absolute atomic E-state index is 13.2. The number of esters is 1. The summed E-state index contributed by atoms with van der Waals surface area (Å²) in [5, 5.41) is 0.584. The summed E-state index contributed by atoms with van der Waals surface area (Å²) in [4.78, 5) is 31.8. The predicted octanol–water partition coefficient (Wildman–Crippen LogP) is 4.94. The molecule has 28 heavy (non-hydrogen) atoms. The van der Waals surface area contributed by atoms with Crippen LogP contribution in [0.3, 0.4) is 0 Å². The Bertz CT molecular complexity index is 1070. The van der Waals surface area contributed by atoms with Crippen molar-refractivity contribution in [3.63, 3.8) is 0 Å². The summed E-state index contributed by atoms with van der Waals surface area (Å²) in [5.41, 5.74) is 1.71. The molecule has 0 amide bonds. The van der Waals surface area contributed by atoms with Crippen molar-refractivity contribution < 1.29 is 9.53 Å². The Morgan fingerprint density at radius 3 is 2.68 bits per heavy atom. The minimum absolute atomic E-state index is 0.00828. The molecule has 146 valence electrons. The first kappa shape index (κ1) is 19.3. The van der Waals surface area contributed by atoms with Crippen LogP contribution in [0.1, 0.15) is 37.5 Å². The molecule has 1 aliphatic carbocycles. The second-order valence-corrected chi connectivity index (χ2v) is 9.01. The molecule has 4 rings (SSSR count). The van der Waals surface area contributed by atoms with Crippen molar-refractivity contribution in [2.24, 2.45) is 0 Å². The molecule has 5 nitrogen and oxygen atoms in total. The number of carbonyl (C=O) groups is 1. The van der Waals surface area contributed by atoms with Crippen molar-refractivity contribution in [2.45, 2.75) is 51.7 Å².